The van der Waals surface area contributed by atoms with Crippen molar-refractivity contribution in [1.29, 1.82) is 0 Å². The monoisotopic (exact) mass is 397 g/mol. The highest BCUT2D eigenvalue weighted by atomic mass is 16.6. The van der Waals surface area contributed by atoms with E-state index in [-0.39, 0.29) is 11.9 Å². The normalized spacial score (nSPS) is 18.6. The summed E-state index contributed by atoms with van der Waals surface area (Å²) in [6.45, 7) is 4.23. The van der Waals surface area contributed by atoms with E-state index in [4.69, 9.17) is 18.9 Å². The topological polar surface area (TPSA) is 66.0 Å². The first kappa shape index (κ1) is 19.6. The summed E-state index contributed by atoms with van der Waals surface area (Å²) >= 11 is 0. The number of methoxy groups -OCH3 is 1. The van der Waals surface area contributed by atoms with Crippen LogP contribution in [0.15, 0.2) is 42.5 Å². The fourth-order valence-corrected chi connectivity index (χ4v) is 4.02. The Labute approximate surface area is 171 Å². The smallest absolute Gasteiger partial charge is 0.231 e. The first-order valence-corrected chi connectivity index (χ1v) is 10.1. The number of nitrogens with one attached hydrogen (secondary N) is 1. The molecule has 0 aromatic heterocycles. The van der Waals surface area contributed by atoms with Crippen LogP contribution in [0.25, 0.3) is 0 Å². The number of carbonyl (C=O) groups excluding carboxylic acids is 1. The van der Waals surface area contributed by atoms with Gasteiger partial charge in [0.15, 0.2) is 11.5 Å². The molecule has 4 rings (SSSR count). The van der Waals surface area contributed by atoms with E-state index in [1.165, 1.54) is 0 Å². The van der Waals surface area contributed by atoms with Crippen molar-refractivity contribution < 1.29 is 23.7 Å². The third-order valence-electron chi connectivity index (χ3n) is 5.84. The Morgan fingerprint density at radius 3 is 2.38 bits per heavy atom. The predicted octanol–water partition coefficient (Wildman–Crippen LogP) is 3.39. The summed E-state index contributed by atoms with van der Waals surface area (Å²) in [7, 11) is 1.64. The SMILES string of the molecule is COc1ccc(C2(C(=O)NC(C)c3ccc4c(c3)OCCO4)CCOCC2)cc1. The molecule has 154 valence electrons. The van der Waals surface area contributed by atoms with E-state index in [2.05, 4.69) is 5.32 Å². The number of hydrogen-bond acceptors (Lipinski definition) is 5. The summed E-state index contributed by atoms with van der Waals surface area (Å²) in [5.41, 5.74) is 1.38. The number of benzene rings is 2. The molecule has 0 saturated carbocycles. The molecule has 2 heterocycles. The van der Waals surface area contributed by atoms with Crippen LogP contribution < -0.4 is 19.5 Å². The van der Waals surface area contributed by atoms with Gasteiger partial charge in [-0.25, -0.2) is 0 Å². The van der Waals surface area contributed by atoms with Crippen LogP contribution in [0.3, 0.4) is 0 Å². The van der Waals surface area contributed by atoms with Crippen LogP contribution in [0.5, 0.6) is 17.2 Å². The van der Waals surface area contributed by atoms with Crippen molar-refractivity contribution in [3.8, 4) is 17.2 Å². The fourth-order valence-electron chi connectivity index (χ4n) is 4.02. The maximum absolute atomic E-state index is 13.5. The summed E-state index contributed by atoms with van der Waals surface area (Å²) < 4.78 is 22.1. The van der Waals surface area contributed by atoms with E-state index >= 15 is 0 Å². The highest BCUT2D eigenvalue weighted by Gasteiger charge is 2.42. The molecule has 1 N–H and O–H groups in total. The molecule has 0 radical (unpaired) electrons. The van der Waals surface area contributed by atoms with Crippen molar-refractivity contribution in [2.24, 2.45) is 0 Å². The van der Waals surface area contributed by atoms with Crippen LogP contribution >= 0.6 is 0 Å². The van der Waals surface area contributed by atoms with Crippen LogP contribution in [0.4, 0.5) is 0 Å². The minimum Gasteiger partial charge on any atom is -0.497 e. The van der Waals surface area contributed by atoms with Crippen LogP contribution in [0.1, 0.15) is 36.9 Å². The average Bonchev–Trinajstić information content (AvgIpc) is 2.79. The van der Waals surface area contributed by atoms with Gasteiger partial charge in [-0.05, 0) is 55.2 Å². The van der Waals surface area contributed by atoms with Gasteiger partial charge >= 0.3 is 0 Å². The van der Waals surface area contributed by atoms with Gasteiger partial charge in [-0.15, -0.1) is 0 Å². The third-order valence-corrected chi connectivity index (χ3v) is 5.84. The van der Waals surface area contributed by atoms with E-state index in [0.717, 1.165) is 28.4 Å². The Morgan fingerprint density at radius 2 is 1.69 bits per heavy atom. The first-order chi connectivity index (χ1) is 14.1. The zero-order valence-electron chi connectivity index (χ0n) is 16.9. The van der Waals surface area contributed by atoms with Gasteiger partial charge in [0.2, 0.25) is 5.91 Å². The van der Waals surface area contributed by atoms with Gasteiger partial charge in [0.25, 0.3) is 0 Å². The van der Waals surface area contributed by atoms with Crippen LogP contribution in [-0.2, 0) is 14.9 Å². The number of hydrogen-bond donors (Lipinski definition) is 1. The van der Waals surface area contributed by atoms with Crippen LogP contribution in [0, 0.1) is 0 Å². The predicted molar refractivity (Wildman–Crippen MR) is 109 cm³/mol. The molecule has 1 atom stereocenters. The molecule has 0 bridgehead atoms. The van der Waals surface area contributed by atoms with E-state index in [1.807, 2.05) is 49.4 Å². The molecule has 0 aliphatic carbocycles. The van der Waals surface area contributed by atoms with Crippen molar-refractivity contribution in [2.75, 3.05) is 33.5 Å². The summed E-state index contributed by atoms with van der Waals surface area (Å²) in [6, 6.07) is 13.5. The quantitative estimate of drug-likeness (QED) is 0.838. The zero-order valence-corrected chi connectivity index (χ0v) is 16.9. The lowest BCUT2D eigenvalue weighted by Crippen LogP contribution is -2.48. The van der Waals surface area contributed by atoms with Gasteiger partial charge in [0.05, 0.1) is 18.6 Å². The van der Waals surface area contributed by atoms with Gasteiger partial charge in [-0.2, -0.15) is 0 Å². The van der Waals surface area contributed by atoms with Gasteiger partial charge in [-0.1, -0.05) is 18.2 Å². The molecule has 2 aliphatic rings. The molecule has 1 fully saturated rings. The van der Waals surface area contributed by atoms with Gasteiger partial charge in [0, 0.05) is 13.2 Å². The van der Waals surface area contributed by atoms with Crippen LogP contribution in [-0.4, -0.2) is 39.4 Å². The van der Waals surface area contributed by atoms with Gasteiger partial charge < -0.3 is 24.3 Å². The van der Waals surface area contributed by atoms with E-state index in [1.54, 1.807) is 7.11 Å². The molecule has 2 aromatic carbocycles. The molecule has 1 saturated heterocycles. The van der Waals surface area contributed by atoms with Crippen molar-refractivity contribution in [1.82, 2.24) is 5.32 Å². The number of carbonyl (C=O) groups is 1. The largest absolute Gasteiger partial charge is 0.497 e. The fraction of sp³-hybridized carbons (Fsp3) is 0.435. The summed E-state index contributed by atoms with van der Waals surface area (Å²) in [4.78, 5) is 13.5. The summed E-state index contributed by atoms with van der Waals surface area (Å²) in [6.07, 6.45) is 1.30. The van der Waals surface area contributed by atoms with E-state index < -0.39 is 5.41 Å². The molecule has 29 heavy (non-hydrogen) atoms. The lowest BCUT2D eigenvalue weighted by Gasteiger charge is -2.37. The molecule has 1 unspecified atom stereocenters. The van der Waals surface area contributed by atoms with Crippen molar-refractivity contribution in [3.63, 3.8) is 0 Å². The Bertz CT molecular complexity index is 858. The maximum atomic E-state index is 13.5. The van der Waals surface area contributed by atoms with Gasteiger partial charge in [0.1, 0.15) is 19.0 Å². The third kappa shape index (κ3) is 3.90. The second kappa shape index (κ2) is 8.33. The average molecular weight is 397 g/mol. The number of amides is 1. The van der Waals surface area contributed by atoms with Crippen molar-refractivity contribution >= 4 is 5.91 Å². The molecule has 0 spiro atoms. The second-order valence-electron chi connectivity index (χ2n) is 7.52. The Kier molecular flexibility index (Phi) is 5.62. The van der Waals surface area contributed by atoms with E-state index in [9.17, 15) is 4.79 Å². The van der Waals surface area contributed by atoms with Gasteiger partial charge in [-0.3, -0.25) is 4.79 Å². The lowest BCUT2D eigenvalue weighted by atomic mass is 9.73. The standard InChI is InChI=1S/C23H27NO5/c1-16(17-3-8-20-21(15-17)29-14-13-28-20)24-22(25)23(9-11-27-12-10-23)18-4-6-19(26-2)7-5-18/h3-8,15-16H,9-14H2,1-2H3,(H,24,25). The minimum absolute atomic E-state index is 0.0216. The Balaban J connectivity index is 1.56. The highest BCUT2D eigenvalue weighted by molar-refractivity contribution is 5.88. The molecule has 2 aromatic rings. The molecule has 6 heteroatoms. The first-order valence-electron chi connectivity index (χ1n) is 10.1. The Morgan fingerprint density at radius 1 is 1.00 bits per heavy atom. The maximum Gasteiger partial charge on any atom is 0.231 e. The molecular formula is C23H27NO5. The van der Waals surface area contributed by atoms with Crippen molar-refractivity contribution in [3.05, 3.63) is 53.6 Å². The number of ether oxygens (including phenoxy) is 4. The minimum atomic E-state index is -0.605. The number of fused-ring (bicyclic) bond motifs is 1. The second-order valence-corrected chi connectivity index (χ2v) is 7.52. The zero-order chi connectivity index (χ0) is 20.3. The van der Waals surface area contributed by atoms with Crippen molar-refractivity contribution in [2.45, 2.75) is 31.2 Å². The summed E-state index contributed by atoms with van der Waals surface area (Å²) in [5.74, 6) is 2.28. The summed E-state index contributed by atoms with van der Waals surface area (Å²) in [5, 5.41) is 3.22. The Hall–Kier alpha value is -2.73. The number of rotatable bonds is 5. The molecule has 6 nitrogen and oxygen atoms in total. The molecular weight excluding hydrogens is 370 g/mol. The highest BCUT2D eigenvalue weighted by Crippen LogP contribution is 2.37. The van der Waals surface area contributed by atoms with E-state index in [0.29, 0.717) is 39.3 Å². The lowest BCUT2D eigenvalue weighted by molar-refractivity contribution is -0.131. The van der Waals surface area contributed by atoms with Crippen LogP contribution in [0.2, 0.25) is 0 Å². The molecule has 1 amide bonds. The molecule has 2 aliphatic heterocycles.